The number of aromatic nitrogens is 3. The molecule has 2 aliphatic rings. The largest absolute Gasteiger partial charge is 0.416 e. The lowest BCUT2D eigenvalue weighted by molar-refractivity contribution is -0.137. The molecule has 1 N–H and O–H groups in total. The molecule has 2 aromatic carbocycles. The van der Waals surface area contributed by atoms with Gasteiger partial charge in [0.05, 0.1) is 17.3 Å². The number of benzene rings is 2. The molecular formula is C32H37F3N6O. The van der Waals surface area contributed by atoms with Gasteiger partial charge < -0.3 is 10.2 Å². The fourth-order valence-corrected chi connectivity index (χ4v) is 6.05. The molecule has 1 atom stereocenters. The summed E-state index contributed by atoms with van der Waals surface area (Å²) in [4.78, 5) is 20.7. The molecule has 7 nitrogen and oxygen atoms in total. The number of aliphatic imine (C=N–C) groups is 1. The van der Waals surface area contributed by atoms with Crippen LogP contribution in [0, 0.1) is 18.3 Å². The first kappa shape index (κ1) is 29.7. The van der Waals surface area contributed by atoms with E-state index in [4.69, 9.17) is 4.99 Å². The highest BCUT2D eigenvalue weighted by molar-refractivity contribution is 6.46. The summed E-state index contributed by atoms with van der Waals surface area (Å²) in [5, 5.41) is 15.0. The summed E-state index contributed by atoms with van der Waals surface area (Å²) in [6.07, 6.45) is -1.15. The molecule has 1 spiro atoms. The Kier molecular flexibility index (Phi) is 7.85. The zero-order valence-corrected chi connectivity index (χ0v) is 24.7. The molecule has 0 radical (unpaired) electrons. The molecule has 1 amide bonds. The minimum absolute atomic E-state index is 0.0304. The van der Waals surface area contributed by atoms with Crippen molar-refractivity contribution in [2.45, 2.75) is 84.7 Å². The second kappa shape index (κ2) is 11.1. The van der Waals surface area contributed by atoms with E-state index < -0.39 is 17.4 Å². The third kappa shape index (κ3) is 6.17. The van der Waals surface area contributed by atoms with Crippen LogP contribution in [0.1, 0.15) is 87.4 Å². The van der Waals surface area contributed by atoms with Crippen molar-refractivity contribution in [1.82, 2.24) is 20.3 Å². The lowest BCUT2D eigenvalue weighted by atomic mass is 9.69. The zero-order chi connectivity index (χ0) is 30.3. The smallest absolute Gasteiger partial charge is 0.362 e. The fourth-order valence-electron chi connectivity index (χ4n) is 6.05. The Balaban J connectivity index is 1.38. The number of halogens is 3. The van der Waals surface area contributed by atoms with E-state index in [0.29, 0.717) is 23.8 Å². The summed E-state index contributed by atoms with van der Waals surface area (Å²) >= 11 is 0. The van der Waals surface area contributed by atoms with Crippen LogP contribution in [0.15, 0.2) is 59.6 Å². The first-order valence-corrected chi connectivity index (χ1v) is 14.4. The van der Waals surface area contributed by atoms with Gasteiger partial charge in [-0.05, 0) is 79.3 Å². The number of aryl methyl sites for hydroxylation is 1. The summed E-state index contributed by atoms with van der Waals surface area (Å²) < 4.78 is 39.5. The highest BCUT2D eigenvalue weighted by Gasteiger charge is 2.50. The average molecular weight is 579 g/mol. The van der Waals surface area contributed by atoms with Crippen LogP contribution in [0.4, 0.5) is 19.0 Å². The maximum Gasteiger partial charge on any atom is 0.416 e. The number of nitrogens with one attached hydrogen (secondary N) is 1. The van der Waals surface area contributed by atoms with Gasteiger partial charge in [0.2, 0.25) is 0 Å². The van der Waals surface area contributed by atoms with E-state index in [0.717, 1.165) is 54.6 Å². The topological polar surface area (TPSA) is 83.4 Å². The predicted octanol–water partition coefficient (Wildman–Crippen LogP) is 7.14. The van der Waals surface area contributed by atoms with Gasteiger partial charge in [0.25, 0.3) is 5.91 Å². The number of carbonyl (C=O) groups is 1. The number of hydrogen-bond acceptors (Lipinski definition) is 6. The second-order valence-corrected chi connectivity index (χ2v) is 12.6. The van der Waals surface area contributed by atoms with Crippen molar-refractivity contribution in [3.05, 3.63) is 82.5 Å². The molecule has 5 rings (SSSR count). The fraction of sp³-hybridized carbons (Fsp3) is 0.469. The molecule has 1 saturated carbocycles. The van der Waals surface area contributed by atoms with Crippen LogP contribution in [0.5, 0.6) is 0 Å². The Bertz CT molecular complexity index is 1450. The van der Waals surface area contributed by atoms with Crippen molar-refractivity contribution >= 4 is 17.4 Å². The second-order valence-electron chi connectivity index (χ2n) is 12.6. The van der Waals surface area contributed by atoms with Crippen LogP contribution in [-0.2, 0) is 17.5 Å². The number of nitrogens with zero attached hydrogens (tertiary/aromatic N) is 5. The van der Waals surface area contributed by atoms with E-state index in [9.17, 15) is 18.0 Å². The first-order valence-electron chi connectivity index (χ1n) is 14.4. The molecule has 222 valence electrons. The monoisotopic (exact) mass is 578 g/mol. The molecular weight excluding hydrogens is 541 g/mol. The minimum Gasteiger partial charge on any atom is -0.362 e. The van der Waals surface area contributed by atoms with Gasteiger partial charge >= 0.3 is 6.18 Å². The van der Waals surface area contributed by atoms with Crippen molar-refractivity contribution in [3.63, 3.8) is 0 Å². The molecule has 0 saturated heterocycles. The van der Waals surface area contributed by atoms with Crippen LogP contribution >= 0.6 is 0 Å². The Morgan fingerprint density at radius 2 is 1.64 bits per heavy atom. The van der Waals surface area contributed by atoms with Crippen molar-refractivity contribution in [2.24, 2.45) is 16.3 Å². The van der Waals surface area contributed by atoms with Crippen molar-refractivity contribution in [1.29, 1.82) is 0 Å². The number of anilines is 1. The summed E-state index contributed by atoms with van der Waals surface area (Å²) in [5.74, 6) is 0.907. The lowest BCUT2D eigenvalue weighted by Gasteiger charge is -2.45. The Labute approximate surface area is 244 Å². The van der Waals surface area contributed by atoms with Gasteiger partial charge in [-0.1, -0.05) is 57.2 Å². The van der Waals surface area contributed by atoms with Crippen molar-refractivity contribution in [2.75, 3.05) is 5.32 Å². The van der Waals surface area contributed by atoms with Crippen LogP contribution in [0.25, 0.3) is 0 Å². The highest BCUT2D eigenvalue weighted by Crippen LogP contribution is 2.47. The van der Waals surface area contributed by atoms with E-state index in [1.807, 2.05) is 49.1 Å². The Morgan fingerprint density at radius 3 is 2.21 bits per heavy atom. The number of hydrogen-bond donors (Lipinski definition) is 1. The number of carbonyl (C=O) groups excluding carboxylic acids is 1. The van der Waals surface area contributed by atoms with Crippen LogP contribution in [-0.4, -0.2) is 37.6 Å². The van der Waals surface area contributed by atoms with Crippen molar-refractivity contribution < 1.29 is 18.0 Å². The molecule has 1 aromatic heterocycles. The predicted molar refractivity (Wildman–Crippen MR) is 156 cm³/mol. The number of rotatable bonds is 6. The molecule has 3 aromatic rings. The van der Waals surface area contributed by atoms with E-state index in [2.05, 4.69) is 41.5 Å². The number of amides is 1. The van der Waals surface area contributed by atoms with Gasteiger partial charge in [0, 0.05) is 18.2 Å². The Morgan fingerprint density at radius 1 is 1.00 bits per heavy atom. The van der Waals surface area contributed by atoms with Crippen LogP contribution in [0.2, 0.25) is 0 Å². The van der Waals surface area contributed by atoms with Crippen LogP contribution < -0.4 is 5.32 Å². The molecule has 1 aliphatic heterocycles. The molecule has 42 heavy (non-hydrogen) atoms. The quantitative estimate of drug-likeness (QED) is 0.336. The van der Waals surface area contributed by atoms with Crippen LogP contribution in [0.3, 0.4) is 0 Å². The average Bonchev–Trinajstić information content (AvgIpc) is 3.19. The van der Waals surface area contributed by atoms with Gasteiger partial charge in [-0.15, -0.1) is 10.2 Å². The molecule has 1 unspecified atom stereocenters. The van der Waals surface area contributed by atoms with E-state index in [1.54, 1.807) is 0 Å². The minimum atomic E-state index is -4.44. The number of alkyl halides is 3. The van der Waals surface area contributed by atoms with Gasteiger partial charge in [0.15, 0.2) is 5.82 Å². The van der Waals surface area contributed by atoms with Gasteiger partial charge in [0.1, 0.15) is 11.4 Å². The zero-order valence-electron chi connectivity index (χ0n) is 24.7. The normalized spacial score (nSPS) is 21.9. The third-order valence-electron chi connectivity index (χ3n) is 8.65. The lowest BCUT2D eigenvalue weighted by Crippen LogP contribution is -2.49. The van der Waals surface area contributed by atoms with E-state index in [1.165, 1.54) is 12.1 Å². The molecule has 0 bridgehead atoms. The van der Waals surface area contributed by atoms with Crippen molar-refractivity contribution in [3.8, 4) is 0 Å². The first-order chi connectivity index (χ1) is 19.7. The standard InChI is InChI=1S/C32H37F3N6O/c1-20-18-27(39-40-38-20)36-21(2)23-8-6-22(7-9-23)19-41-29(42)28(24-10-12-26(13-11-24)32(33,34)35)37-31(41)16-14-25(15-17-31)30(3,4)5/h6-13,18,21,25H,14-17,19H2,1-5H3,(H,36,38,39). The van der Waals surface area contributed by atoms with E-state index >= 15 is 0 Å². The highest BCUT2D eigenvalue weighted by atomic mass is 19.4. The molecule has 2 heterocycles. The van der Waals surface area contributed by atoms with E-state index in [-0.39, 0.29) is 23.1 Å². The third-order valence-corrected chi connectivity index (χ3v) is 8.65. The summed E-state index contributed by atoms with van der Waals surface area (Å²) in [6.45, 7) is 11.0. The summed E-state index contributed by atoms with van der Waals surface area (Å²) in [7, 11) is 0. The van der Waals surface area contributed by atoms with Gasteiger partial charge in [-0.25, -0.2) is 0 Å². The maximum absolute atomic E-state index is 13.9. The summed E-state index contributed by atoms with van der Waals surface area (Å²) in [6, 6.07) is 14.6. The molecule has 1 aliphatic carbocycles. The SMILES string of the molecule is Cc1cc(NC(C)c2ccc(CN3C(=O)C(c4ccc(C(F)(F)F)cc4)=NC34CCC(C(C)(C)C)CC4)cc2)nnn1. The van der Waals surface area contributed by atoms with Gasteiger partial charge in [-0.2, -0.15) is 13.2 Å². The summed E-state index contributed by atoms with van der Waals surface area (Å²) in [5.41, 5.74) is 2.12. The van der Waals surface area contributed by atoms with Gasteiger partial charge in [-0.3, -0.25) is 9.79 Å². The Hall–Kier alpha value is -3.82. The molecule has 10 heteroatoms. The molecule has 1 fully saturated rings. The maximum atomic E-state index is 13.9.